The van der Waals surface area contributed by atoms with Crippen molar-refractivity contribution in [2.24, 2.45) is 23.7 Å². The molecule has 6 atom stereocenters. The van der Waals surface area contributed by atoms with Crippen molar-refractivity contribution in [1.29, 1.82) is 0 Å². The molecule has 6 rings (SSSR count). The quantitative estimate of drug-likeness (QED) is 0.280. The molecule has 1 saturated carbocycles. The van der Waals surface area contributed by atoms with Gasteiger partial charge >= 0.3 is 0 Å². The summed E-state index contributed by atoms with van der Waals surface area (Å²) in [4.78, 5) is 0. The smallest absolute Gasteiger partial charge is 0.0630 e. The molecule has 1 heteroatoms. The van der Waals surface area contributed by atoms with Crippen LogP contribution in [0.15, 0.2) is 71.9 Å². The molecule has 0 radical (unpaired) electrons. The highest BCUT2D eigenvalue weighted by molar-refractivity contribution is 6.81. The van der Waals surface area contributed by atoms with Crippen LogP contribution >= 0.6 is 0 Å². The number of hydrogen-bond donors (Lipinski definition) is 0. The topological polar surface area (TPSA) is 0 Å². The van der Waals surface area contributed by atoms with E-state index in [-0.39, 0.29) is 0 Å². The molecule has 5 aliphatic rings. The summed E-state index contributed by atoms with van der Waals surface area (Å²) in [5, 5.41) is 0. The van der Waals surface area contributed by atoms with Gasteiger partial charge in [-0.25, -0.2) is 0 Å². The third-order valence-electron chi connectivity index (χ3n) is 11.3. The van der Waals surface area contributed by atoms with Crippen molar-refractivity contribution in [2.45, 2.75) is 102 Å². The van der Waals surface area contributed by atoms with E-state index < -0.39 is 8.07 Å². The van der Waals surface area contributed by atoms with E-state index in [1.165, 1.54) is 74.5 Å². The van der Waals surface area contributed by atoms with Crippen molar-refractivity contribution in [1.82, 2.24) is 0 Å². The lowest BCUT2D eigenvalue weighted by molar-refractivity contribution is 0.316. The maximum atomic E-state index is 4.59. The van der Waals surface area contributed by atoms with Crippen LogP contribution in [-0.2, 0) is 6.42 Å². The third kappa shape index (κ3) is 4.15. The van der Waals surface area contributed by atoms with Crippen LogP contribution in [0.4, 0.5) is 0 Å². The SMILES string of the molecule is C=C1CC=CC=C1c1cccc2c1CC(C)[C@H]2[Si](C)(C)C1C2=C(C[C@H]1C)[C@@H]([C@@H]1CCCCC1=C)CCC2. The van der Waals surface area contributed by atoms with Crippen molar-refractivity contribution in [3.63, 3.8) is 0 Å². The second-order valence-corrected chi connectivity index (χ2v) is 18.8. The molecule has 0 amide bonds. The summed E-state index contributed by atoms with van der Waals surface area (Å²) in [5.74, 6) is 3.13. The predicted molar refractivity (Wildman–Crippen MR) is 163 cm³/mol. The molecule has 196 valence electrons. The molecule has 0 bridgehead atoms. The molecule has 0 nitrogen and oxygen atoms in total. The van der Waals surface area contributed by atoms with E-state index in [2.05, 4.69) is 76.5 Å². The first-order valence-electron chi connectivity index (χ1n) is 15.4. The minimum atomic E-state index is -1.64. The zero-order chi connectivity index (χ0) is 25.9. The molecule has 1 aromatic carbocycles. The van der Waals surface area contributed by atoms with E-state index in [1.807, 2.05) is 11.1 Å². The second kappa shape index (κ2) is 9.71. The van der Waals surface area contributed by atoms with Gasteiger partial charge in [0.15, 0.2) is 0 Å². The van der Waals surface area contributed by atoms with Crippen LogP contribution in [0.1, 0.15) is 93.9 Å². The Morgan fingerprint density at radius 1 is 0.838 bits per heavy atom. The van der Waals surface area contributed by atoms with Crippen LogP contribution in [0.3, 0.4) is 0 Å². The molecule has 0 aromatic heterocycles. The maximum absolute atomic E-state index is 4.59. The Hall–Kier alpha value is -1.86. The zero-order valence-corrected chi connectivity index (χ0v) is 24.9. The molecule has 0 saturated heterocycles. The van der Waals surface area contributed by atoms with Gasteiger partial charge in [0.2, 0.25) is 0 Å². The molecular formula is C36H48Si. The number of hydrogen-bond acceptors (Lipinski definition) is 0. The van der Waals surface area contributed by atoms with Crippen LogP contribution in [0.2, 0.25) is 18.6 Å². The average molecular weight is 509 g/mol. The molecule has 1 fully saturated rings. The Labute approximate surface area is 227 Å². The maximum Gasteiger partial charge on any atom is 0.0630 e. The molecule has 0 aliphatic heterocycles. The summed E-state index contributed by atoms with van der Waals surface area (Å²) >= 11 is 0. The first-order valence-corrected chi connectivity index (χ1v) is 18.5. The standard InChI is InChI=1S/C36H48Si/c1-23-13-7-9-15-27(23)29-17-11-19-31-33(29)21-25(3)35(31)37(5,6)36-26(4)22-34-30(18-12-20-32(34)36)28-16-10-8-14-24(28)2/h7,9,11,15,17,19,25-26,28,30,35-36H,1-2,8,10,12-14,16,18,20-22H2,3-6H3/t25?,26-,28-,30-,35-,36?/m1/s1. The Morgan fingerprint density at radius 3 is 2.41 bits per heavy atom. The molecule has 0 heterocycles. The van der Waals surface area contributed by atoms with Crippen molar-refractivity contribution in [2.75, 3.05) is 0 Å². The Balaban J connectivity index is 1.37. The predicted octanol–water partition coefficient (Wildman–Crippen LogP) is 10.4. The number of rotatable bonds is 4. The van der Waals surface area contributed by atoms with Gasteiger partial charge in [0, 0.05) is 0 Å². The van der Waals surface area contributed by atoms with E-state index in [1.54, 1.807) is 16.7 Å². The normalized spacial score (nSPS) is 34.0. The van der Waals surface area contributed by atoms with Crippen LogP contribution in [0.25, 0.3) is 5.57 Å². The fraction of sp³-hybridized carbons (Fsp3) is 0.556. The molecular weight excluding hydrogens is 460 g/mol. The summed E-state index contributed by atoms with van der Waals surface area (Å²) in [6, 6.07) is 7.23. The molecule has 1 aromatic rings. The fourth-order valence-corrected chi connectivity index (χ4v) is 15.9. The van der Waals surface area contributed by atoms with Gasteiger partial charge in [-0.2, -0.15) is 0 Å². The lowest BCUT2D eigenvalue weighted by Crippen LogP contribution is -2.44. The number of fused-ring (bicyclic) bond motifs is 1. The average Bonchev–Trinajstić information content (AvgIpc) is 3.41. The van der Waals surface area contributed by atoms with Gasteiger partial charge < -0.3 is 0 Å². The van der Waals surface area contributed by atoms with Gasteiger partial charge in [0.05, 0.1) is 8.07 Å². The Bertz CT molecular complexity index is 1200. The fourth-order valence-electron chi connectivity index (χ4n) is 10.1. The summed E-state index contributed by atoms with van der Waals surface area (Å²) in [7, 11) is -1.64. The van der Waals surface area contributed by atoms with E-state index >= 15 is 0 Å². The minimum absolute atomic E-state index is 0.736. The molecule has 2 unspecified atom stereocenters. The monoisotopic (exact) mass is 508 g/mol. The lowest BCUT2D eigenvalue weighted by atomic mass is 9.69. The zero-order valence-electron chi connectivity index (χ0n) is 23.9. The van der Waals surface area contributed by atoms with E-state index in [9.17, 15) is 0 Å². The van der Waals surface area contributed by atoms with E-state index in [4.69, 9.17) is 0 Å². The van der Waals surface area contributed by atoms with Gasteiger partial charge in [-0.1, -0.05) is 99.7 Å². The van der Waals surface area contributed by atoms with Crippen LogP contribution < -0.4 is 0 Å². The van der Waals surface area contributed by atoms with Gasteiger partial charge in [0.25, 0.3) is 0 Å². The van der Waals surface area contributed by atoms with Gasteiger partial charge in [0.1, 0.15) is 0 Å². The third-order valence-corrected chi connectivity index (χ3v) is 16.3. The largest absolute Gasteiger partial charge is 0.0996 e. The summed E-state index contributed by atoms with van der Waals surface area (Å²) in [5.41, 5.74) is 14.5. The van der Waals surface area contributed by atoms with Gasteiger partial charge in [-0.15, -0.1) is 0 Å². The summed E-state index contributed by atoms with van der Waals surface area (Å²) in [6.45, 7) is 19.8. The second-order valence-electron chi connectivity index (χ2n) is 13.9. The molecule has 0 N–H and O–H groups in total. The summed E-state index contributed by atoms with van der Waals surface area (Å²) < 4.78 is 0. The Kier molecular flexibility index (Phi) is 6.67. The van der Waals surface area contributed by atoms with Crippen molar-refractivity contribution in [3.8, 4) is 0 Å². The number of allylic oxidation sites excluding steroid dienone is 8. The number of benzene rings is 1. The Morgan fingerprint density at radius 2 is 1.62 bits per heavy atom. The van der Waals surface area contributed by atoms with E-state index in [0.717, 1.165) is 41.2 Å². The molecule has 5 aliphatic carbocycles. The molecule has 37 heavy (non-hydrogen) atoms. The van der Waals surface area contributed by atoms with E-state index in [0.29, 0.717) is 0 Å². The van der Waals surface area contributed by atoms with Crippen molar-refractivity contribution >= 4 is 13.6 Å². The highest BCUT2D eigenvalue weighted by atomic mass is 28.3. The van der Waals surface area contributed by atoms with Crippen molar-refractivity contribution in [3.05, 3.63) is 88.6 Å². The van der Waals surface area contributed by atoms with Gasteiger partial charge in [-0.3, -0.25) is 0 Å². The summed E-state index contributed by atoms with van der Waals surface area (Å²) in [6.07, 6.45) is 20.0. The van der Waals surface area contributed by atoms with Crippen LogP contribution in [0, 0.1) is 23.7 Å². The van der Waals surface area contributed by atoms with Gasteiger partial charge in [-0.05, 0) is 120 Å². The van der Waals surface area contributed by atoms with Crippen LogP contribution in [-0.4, -0.2) is 8.07 Å². The first kappa shape index (κ1) is 25.4. The lowest BCUT2D eigenvalue weighted by Gasteiger charge is -2.43. The van der Waals surface area contributed by atoms with Crippen LogP contribution in [0.5, 0.6) is 0 Å². The highest BCUT2D eigenvalue weighted by Gasteiger charge is 2.52. The highest BCUT2D eigenvalue weighted by Crippen LogP contribution is 2.61. The minimum Gasteiger partial charge on any atom is -0.0996 e. The first-order chi connectivity index (χ1) is 17.8. The van der Waals surface area contributed by atoms with Crippen molar-refractivity contribution < 1.29 is 0 Å². The molecule has 0 spiro atoms.